The van der Waals surface area contributed by atoms with Crippen molar-refractivity contribution in [3.8, 4) is 11.5 Å². The number of nitrogens with two attached hydrogens (primary N) is 1. The van der Waals surface area contributed by atoms with Crippen molar-refractivity contribution in [3.63, 3.8) is 0 Å². The van der Waals surface area contributed by atoms with Crippen molar-refractivity contribution in [2.75, 3.05) is 20.3 Å². The summed E-state index contributed by atoms with van der Waals surface area (Å²) in [6, 6.07) is 14.2. The van der Waals surface area contributed by atoms with Crippen molar-refractivity contribution in [3.05, 3.63) is 58.1 Å². The van der Waals surface area contributed by atoms with Gasteiger partial charge >= 0.3 is 0 Å². The topological polar surface area (TPSA) is 73.6 Å². The van der Waals surface area contributed by atoms with Crippen molar-refractivity contribution in [1.82, 2.24) is 5.32 Å². The Bertz CT molecular complexity index is 677. The molecule has 0 aromatic heterocycles. The van der Waals surface area contributed by atoms with E-state index < -0.39 is 5.91 Å². The Morgan fingerprint density at radius 3 is 2.62 bits per heavy atom. The highest BCUT2D eigenvalue weighted by Crippen LogP contribution is 2.36. The van der Waals surface area contributed by atoms with Gasteiger partial charge < -0.3 is 20.5 Å². The molecule has 24 heavy (non-hydrogen) atoms. The number of methoxy groups -OCH3 is 1. The number of nitrogens with one attached hydrogen (secondary N) is 1. The molecular formula is C18H21BrN2O3. The van der Waals surface area contributed by atoms with Crippen LogP contribution in [0.15, 0.2) is 46.9 Å². The van der Waals surface area contributed by atoms with E-state index in [0.717, 1.165) is 23.0 Å². The molecule has 5 nitrogen and oxygen atoms in total. The van der Waals surface area contributed by atoms with E-state index in [1.165, 1.54) is 5.56 Å². The van der Waals surface area contributed by atoms with Crippen molar-refractivity contribution in [2.24, 2.45) is 5.73 Å². The maximum absolute atomic E-state index is 10.9. The van der Waals surface area contributed by atoms with Crippen LogP contribution in [0.2, 0.25) is 0 Å². The molecule has 1 amide bonds. The van der Waals surface area contributed by atoms with Crippen LogP contribution in [-0.4, -0.2) is 26.2 Å². The standard InChI is InChI=1S/C18H21BrN2O3/c1-23-16-10-14(9-15(19)18(16)24-12-17(20)22)11-21-8-7-13-5-3-2-4-6-13/h2-6,9-10,21H,7-8,11-12H2,1H3,(H2,20,22). The van der Waals surface area contributed by atoms with Gasteiger partial charge in [0.05, 0.1) is 11.6 Å². The number of benzene rings is 2. The van der Waals surface area contributed by atoms with Crippen LogP contribution in [0.1, 0.15) is 11.1 Å². The molecule has 0 aliphatic rings. The van der Waals surface area contributed by atoms with E-state index in [1.807, 2.05) is 30.3 Å². The number of carbonyl (C=O) groups excluding carboxylic acids is 1. The number of hydrogen-bond acceptors (Lipinski definition) is 4. The van der Waals surface area contributed by atoms with Gasteiger partial charge in [-0.15, -0.1) is 0 Å². The first-order valence-corrected chi connectivity index (χ1v) is 8.41. The summed E-state index contributed by atoms with van der Waals surface area (Å²) in [7, 11) is 1.56. The van der Waals surface area contributed by atoms with E-state index in [0.29, 0.717) is 18.0 Å². The number of amides is 1. The number of rotatable bonds is 9. The molecule has 0 saturated heterocycles. The molecule has 0 atom stereocenters. The van der Waals surface area contributed by atoms with Gasteiger partial charge in [-0.1, -0.05) is 30.3 Å². The van der Waals surface area contributed by atoms with Crippen LogP contribution in [0.4, 0.5) is 0 Å². The molecular weight excluding hydrogens is 372 g/mol. The van der Waals surface area contributed by atoms with Gasteiger partial charge in [0.25, 0.3) is 5.91 Å². The summed E-state index contributed by atoms with van der Waals surface area (Å²) in [4.78, 5) is 10.9. The van der Waals surface area contributed by atoms with E-state index in [-0.39, 0.29) is 6.61 Å². The highest BCUT2D eigenvalue weighted by atomic mass is 79.9. The minimum Gasteiger partial charge on any atom is -0.493 e. The van der Waals surface area contributed by atoms with E-state index in [1.54, 1.807) is 7.11 Å². The smallest absolute Gasteiger partial charge is 0.255 e. The Labute approximate surface area is 150 Å². The fourth-order valence-corrected chi connectivity index (χ4v) is 2.87. The monoisotopic (exact) mass is 392 g/mol. The second-order valence-corrected chi connectivity index (χ2v) is 6.13. The lowest BCUT2D eigenvalue weighted by atomic mass is 10.1. The maximum Gasteiger partial charge on any atom is 0.255 e. The highest BCUT2D eigenvalue weighted by molar-refractivity contribution is 9.10. The zero-order valence-corrected chi connectivity index (χ0v) is 15.1. The van der Waals surface area contributed by atoms with E-state index in [2.05, 4.69) is 33.4 Å². The lowest BCUT2D eigenvalue weighted by molar-refractivity contribution is -0.119. The van der Waals surface area contributed by atoms with Gasteiger partial charge in [-0.05, 0) is 52.2 Å². The van der Waals surface area contributed by atoms with Gasteiger partial charge in [0.2, 0.25) is 0 Å². The molecule has 0 bridgehead atoms. The normalized spacial score (nSPS) is 10.4. The molecule has 0 fully saturated rings. The lowest BCUT2D eigenvalue weighted by Crippen LogP contribution is -2.20. The van der Waals surface area contributed by atoms with Crippen LogP contribution in [0.5, 0.6) is 11.5 Å². The Morgan fingerprint density at radius 2 is 1.96 bits per heavy atom. The first-order chi connectivity index (χ1) is 11.6. The van der Waals surface area contributed by atoms with Crippen LogP contribution in [0, 0.1) is 0 Å². The molecule has 3 N–H and O–H groups in total. The zero-order chi connectivity index (χ0) is 17.4. The lowest BCUT2D eigenvalue weighted by Gasteiger charge is -2.14. The quantitative estimate of drug-likeness (QED) is 0.643. The molecule has 0 aliphatic carbocycles. The summed E-state index contributed by atoms with van der Waals surface area (Å²) in [5.41, 5.74) is 7.47. The van der Waals surface area contributed by atoms with E-state index >= 15 is 0 Å². The number of hydrogen-bond donors (Lipinski definition) is 2. The van der Waals surface area contributed by atoms with Crippen molar-refractivity contribution in [1.29, 1.82) is 0 Å². The molecule has 0 heterocycles. The largest absolute Gasteiger partial charge is 0.493 e. The van der Waals surface area contributed by atoms with Gasteiger partial charge in [0.1, 0.15) is 0 Å². The third-order valence-corrected chi connectivity index (χ3v) is 4.00. The predicted molar refractivity (Wildman–Crippen MR) is 97.2 cm³/mol. The number of carbonyl (C=O) groups is 1. The summed E-state index contributed by atoms with van der Waals surface area (Å²) < 4.78 is 11.5. The van der Waals surface area contributed by atoms with E-state index in [9.17, 15) is 4.79 Å². The summed E-state index contributed by atoms with van der Waals surface area (Å²) in [6.07, 6.45) is 0.971. The minimum absolute atomic E-state index is 0.191. The van der Waals surface area contributed by atoms with Crippen LogP contribution in [-0.2, 0) is 17.8 Å². The highest BCUT2D eigenvalue weighted by Gasteiger charge is 2.12. The molecule has 0 spiro atoms. The average Bonchev–Trinajstić information content (AvgIpc) is 2.58. The predicted octanol–water partition coefficient (Wildman–Crippen LogP) is 2.65. The van der Waals surface area contributed by atoms with Crippen LogP contribution in [0.3, 0.4) is 0 Å². The molecule has 0 radical (unpaired) electrons. The third kappa shape index (κ3) is 5.54. The molecule has 128 valence electrons. The first-order valence-electron chi connectivity index (χ1n) is 7.62. The average molecular weight is 393 g/mol. The molecule has 2 rings (SSSR count). The Hall–Kier alpha value is -2.05. The van der Waals surface area contributed by atoms with Crippen molar-refractivity contribution in [2.45, 2.75) is 13.0 Å². The summed E-state index contributed by atoms with van der Waals surface area (Å²) in [5, 5.41) is 3.41. The third-order valence-electron chi connectivity index (χ3n) is 3.41. The number of halogens is 1. The summed E-state index contributed by atoms with van der Waals surface area (Å²) >= 11 is 3.45. The molecule has 0 unspecified atom stereocenters. The van der Waals surface area contributed by atoms with Gasteiger partial charge in [0, 0.05) is 6.54 Å². The SMILES string of the molecule is COc1cc(CNCCc2ccccc2)cc(Br)c1OCC(N)=O. The minimum atomic E-state index is -0.532. The molecule has 0 aliphatic heterocycles. The van der Waals surface area contributed by atoms with Crippen LogP contribution in [0.25, 0.3) is 0 Å². The van der Waals surface area contributed by atoms with E-state index in [4.69, 9.17) is 15.2 Å². The van der Waals surface area contributed by atoms with Gasteiger partial charge in [0.15, 0.2) is 18.1 Å². The molecule has 2 aromatic carbocycles. The summed E-state index contributed by atoms with van der Waals surface area (Å²) in [6.45, 7) is 1.39. The summed E-state index contributed by atoms with van der Waals surface area (Å²) in [5.74, 6) is 0.505. The van der Waals surface area contributed by atoms with Gasteiger partial charge in [-0.2, -0.15) is 0 Å². The molecule has 6 heteroatoms. The van der Waals surface area contributed by atoms with Crippen LogP contribution < -0.4 is 20.5 Å². The van der Waals surface area contributed by atoms with Crippen molar-refractivity contribution >= 4 is 21.8 Å². The van der Waals surface area contributed by atoms with Crippen LogP contribution >= 0.6 is 15.9 Å². The Balaban J connectivity index is 1.93. The Kier molecular flexibility index (Phi) is 7.08. The molecule has 0 saturated carbocycles. The first kappa shape index (κ1) is 18.3. The van der Waals surface area contributed by atoms with Crippen molar-refractivity contribution < 1.29 is 14.3 Å². The second-order valence-electron chi connectivity index (χ2n) is 5.28. The molecule has 2 aromatic rings. The Morgan fingerprint density at radius 1 is 1.21 bits per heavy atom. The number of ether oxygens (including phenoxy) is 2. The number of primary amides is 1. The second kappa shape index (κ2) is 9.30. The maximum atomic E-state index is 10.9. The van der Waals surface area contributed by atoms with Gasteiger partial charge in [-0.3, -0.25) is 4.79 Å². The fraction of sp³-hybridized carbons (Fsp3) is 0.278. The van der Waals surface area contributed by atoms with Gasteiger partial charge in [-0.25, -0.2) is 0 Å². The fourth-order valence-electron chi connectivity index (χ4n) is 2.27. The zero-order valence-electron chi connectivity index (χ0n) is 13.5.